The van der Waals surface area contributed by atoms with Crippen LogP contribution in [0.4, 0.5) is 0 Å². The van der Waals surface area contributed by atoms with Crippen LogP contribution in [0.5, 0.6) is 0 Å². The van der Waals surface area contributed by atoms with Gasteiger partial charge < -0.3 is 15.2 Å². The third-order valence-corrected chi connectivity index (χ3v) is 1.61. The van der Waals surface area contributed by atoms with E-state index in [0.717, 1.165) is 0 Å². The van der Waals surface area contributed by atoms with Gasteiger partial charge in [0.15, 0.2) is 0 Å². The van der Waals surface area contributed by atoms with Crippen LogP contribution in [0.1, 0.15) is 10.4 Å². The van der Waals surface area contributed by atoms with Crippen LogP contribution in [0.25, 0.3) is 0 Å². The fourth-order valence-electron chi connectivity index (χ4n) is 0.930. The first kappa shape index (κ1) is 11.5. The van der Waals surface area contributed by atoms with E-state index in [1.807, 2.05) is 0 Å². The topological polar surface area (TPSA) is 84.3 Å². The molecule has 1 aromatic heterocycles. The lowest BCUT2D eigenvalue weighted by atomic mass is 10.3. The van der Waals surface area contributed by atoms with Crippen LogP contribution >= 0.6 is 0 Å². The second kappa shape index (κ2) is 6.86. The van der Waals surface area contributed by atoms with Crippen molar-refractivity contribution >= 4 is 5.91 Å². The summed E-state index contributed by atoms with van der Waals surface area (Å²) in [5.74, 6) is -0.211. The lowest BCUT2D eigenvalue weighted by molar-refractivity contribution is 0.0838. The molecule has 0 aliphatic carbocycles. The highest BCUT2D eigenvalue weighted by molar-refractivity contribution is 5.93. The number of hydrogen-bond donors (Lipinski definition) is 2. The average Bonchev–Trinajstić information content (AvgIpc) is 2.30. The number of amides is 1. The van der Waals surface area contributed by atoms with Crippen LogP contribution in [0, 0.1) is 0 Å². The summed E-state index contributed by atoms with van der Waals surface area (Å²) >= 11 is 0. The Balaban J connectivity index is 2.20. The molecule has 82 valence electrons. The summed E-state index contributed by atoms with van der Waals surface area (Å²) < 4.78 is 4.98. The first-order valence-corrected chi connectivity index (χ1v) is 4.58. The number of carbonyl (C=O) groups excluding carboxylic acids is 1. The Morgan fingerprint density at radius 2 is 2.33 bits per heavy atom. The SMILES string of the molecule is O=C(NCCOCCO)c1ccnnc1. The number of aromatic nitrogens is 2. The van der Waals surface area contributed by atoms with E-state index in [2.05, 4.69) is 15.5 Å². The molecule has 15 heavy (non-hydrogen) atoms. The molecule has 0 saturated heterocycles. The summed E-state index contributed by atoms with van der Waals surface area (Å²) in [6.45, 7) is 1.06. The quantitative estimate of drug-likeness (QED) is 0.603. The molecule has 0 aliphatic rings. The molecular weight excluding hydrogens is 198 g/mol. The van der Waals surface area contributed by atoms with Crippen molar-refractivity contribution in [3.05, 3.63) is 24.0 Å². The minimum atomic E-state index is -0.211. The first-order valence-electron chi connectivity index (χ1n) is 4.58. The Morgan fingerprint density at radius 3 is 3.00 bits per heavy atom. The molecule has 0 atom stereocenters. The van der Waals surface area contributed by atoms with Gasteiger partial charge in [0.05, 0.1) is 37.8 Å². The maximum absolute atomic E-state index is 11.4. The van der Waals surface area contributed by atoms with E-state index < -0.39 is 0 Å². The van der Waals surface area contributed by atoms with E-state index in [1.54, 1.807) is 6.07 Å². The van der Waals surface area contributed by atoms with Crippen molar-refractivity contribution in [2.24, 2.45) is 0 Å². The maximum atomic E-state index is 11.4. The van der Waals surface area contributed by atoms with Crippen molar-refractivity contribution in [2.75, 3.05) is 26.4 Å². The van der Waals surface area contributed by atoms with Gasteiger partial charge >= 0.3 is 0 Å². The molecule has 0 fully saturated rings. The van der Waals surface area contributed by atoms with E-state index >= 15 is 0 Å². The van der Waals surface area contributed by atoms with Gasteiger partial charge in [-0.1, -0.05) is 0 Å². The maximum Gasteiger partial charge on any atom is 0.253 e. The molecular formula is C9H13N3O3. The van der Waals surface area contributed by atoms with Crippen molar-refractivity contribution in [3.63, 3.8) is 0 Å². The minimum absolute atomic E-state index is 0.0117. The van der Waals surface area contributed by atoms with Gasteiger partial charge in [-0.3, -0.25) is 4.79 Å². The summed E-state index contributed by atoms with van der Waals surface area (Å²) in [6, 6.07) is 1.58. The molecule has 2 N–H and O–H groups in total. The molecule has 0 bridgehead atoms. The van der Waals surface area contributed by atoms with Crippen molar-refractivity contribution in [3.8, 4) is 0 Å². The van der Waals surface area contributed by atoms with Crippen molar-refractivity contribution < 1.29 is 14.6 Å². The van der Waals surface area contributed by atoms with Crippen molar-refractivity contribution in [2.45, 2.75) is 0 Å². The van der Waals surface area contributed by atoms with Crippen LogP contribution in [-0.2, 0) is 4.74 Å². The fourth-order valence-corrected chi connectivity index (χ4v) is 0.930. The Bertz CT molecular complexity index is 292. The number of rotatable bonds is 6. The molecule has 6 heteroatoms. The Kier molecular flexibility index (Phi) is 5.28. The zero-order chi connectivity index (χ0) is 10.9. The van der Waals surface area contributed by atoms with Gasteiger partial charge in [0, 0.05) is 6.54 Å². The highest BCUT2D eigenvalue weighted by Crippen LogP contribution is 1.92. The predicted molar refractivity (Wildman–Crippen MR) is 52.3 cm³/mol. The van der Waals surface area contributed by atoms with Crippen LogP contribution < -0.4 is 5.32 Å². The lowest BCUT2D eigenvalue weighted by Crippen LogP contribution is -2.27. The average molecular weight is 211 g/mol. The first-order chi connectivity index (χ1) is 7.34. The number of carbonyl (C=O) groups is 1. The standard InChI is InChI=1S/C9H13N3O3/c13-4-6-15-5-3-10-9(14)8-1-2-11-12-7-8/h1-2,7,13H,3-6H2,(H,10,14). The Morgan fingerprint density at radius 1 is 1.47 bits per heavy atom. The molecule has 1 amide bonds. The summed E-state index contributed by atoms with van der Waals surface area (Å²) in [4.78, 5) is 11.4. The number of nitrogens with zero attached hydrogens (tertiary/aromatic N) is 2. The van der Waals surface area contributed by atoms with E-state index in [-0.39, 0.29) is 19.1 Å². The molecule has 6 nitrogen and oxygen atoms in total. The summed E-state index contributed by atoms with van der Waals surface area (Å²) in [6.07, 6.45) is 2.85. The third-order valence-electron chi connectivity index (χ3n) is 1.61. The molecule has 0 radical (unpaired) electrons. The van der Waals surface area contributed by atoms with Gasteiger partial charge in [-0.05, 0) is 6.07 Å². The van der Waals surface area contributed by atoms with Gasteiger partial charge in [-0.15, -0.1) is 0 Å². The van der Waals surface area contributed by atoms with Crippen LogP contribution in [0.2, 0.25) is 0 Å². The second-order valence-corrected chi connectivity index (χ2v) is 2.72. The molecule has 1 heterocycles. The van der Waals surface area contributed by atoms with Gasteiger partial charge in [0.2, 0.25) is 0 Å². The van der Waals surface area contributed by atoms with Crippen LogP contribution in [0.3, 0.4) is 0 Å². The minimum Gasteiger partial charge on any atom is -0.394 e. The van der Waals surface area contributed by atoms with E-state index in [4.69, 9.17) is 9.84 Å². The smallest absolute Gasteiger partial charge is 0.253 e. The van der Waals surface area contributed by atoms with Gasteiger partial charge in [-0.25, -0.2) is 0 Å². The summed E-state index contributed by atoms with van der Waals surface area (Å²) in [5.41, 5.74) is 0.465. The number of aliphatic hydroxyl groups excluding tert-OH is 1. The molecule has 0 unspecified atom stereocenters. The zero-order valence-electron chi connectivity index (χ0n) is 8.22. The van der Waals surface area contributed by atoms with Gasteiger partial charge in [0.1, 0.15) is 0 Å². The third kappa shape index (κ3) is 4.48. The lowest BCUT2D eigenvalue weighted by Gasteiger charge is -2.04. The number of ether oxygens (including phenoxy) is 1. The van der Waals surface area contributed by atoms with Crippen LogP contribution in [-0.4, -0.2) is 47.6 Å². The molecule has 1 aromatic rings. The monoisotopic (exact) mass is 211 g/mol. The summed E-state index contributed by atoms with van der Waals surface area (Å²) in [7, 11) is 0. The highest BCUT2D eigenvalue weighted by Gasteiger charge is 2.03. The molecule has 0 aliphatic heterocycles. The van der Waals surface area contributed by atoms with Gasteiger partial charge in [0.25, 0.3) is 5.91 Å². The second-order valence-electron chi connectivity index (χ2n) is 2.72. The van der Waals surface area contributed by atoms with Crippen molar-refractivity contribution in [1.82, 2.24) is 15.5 Å². The Labute approximate surface area is 87.3 Å². The number of nitrogens with one attached hydrogen (secondary N) is 1. The fraction of sp³-hybridized carbons (Fsp3) is 0.444. The highest BCUT2D eigenvalue weighted by atomic mass is 16.5. The van der Waals surface area contributed by atoms with E-state index in [0.29, 0.717) is 18.7 Å². The molecule has 1 rings (SSSR count). The molecule has 0 aromatic carbocycles. The zero-order valence-corrected chi connectivity index (χ0v) is 8.22. The van der Waals surface area contributed by atoms with Crippen molar-refractivity contribution in [1.29, 1.82) is 0 Å². The van der Waals surface area contributed by atoms with E-state index in [9.17, 15) is 4.79 Å². The number of aliphatic hydroxyl groups is 1. The molecule has 0 saturated carbocycles. The molecule has 0 spiro atoms. The summed E-state index contributed by atoms with van der Waals surface area (Å²) in [5, 5.41) is 18.2. The van der Waals surface area contributed by atoms with Crippen LogP contribution in [0.15, 0.2) is 18.5 Å². The normalized spacial score (nSPS) is 9.93. The Hall–Kier alpha value is -1.53. The van der Waals surface area contributed by atoms with Gasteiger partial charge in [-0.2, -0.15) is 10.2 Å². The largest absolute Gasteiger partial charge is 0.394 e. The predicted octanol–water partition coefficient (Wildman–Crippen LogP) is -0.785. The number of hydrogen-bond acceptors (Lipinski definition) is 5. The van der Waals surface area contributed by atoms with E-state index in [1.165, 1.54) is 12.4 Å².